The summed E-state index contributed by atoms with van der Waals surface area (Å²) in [6, 6.07) is 9.84. The number of hydrogen-bond donors (Lipinski definition) is 1. The molecule has 1 N–H and O–H groups in total. The van der Waals surface area contributed by atoms with E-state index in [-0.39, 0.29) is 5.91 Å². The molecule has 1 aliphatic heterocycles. The van der Waals surface area contributed by atoms with Crippen LogP contribution in [0.5, 0.6) is 0 Å². The van der Waals surface area contributed by atoms with Gasteiger partial charge in [-0.25, -0.2) is 0 Å². The van der Waals surface area contributed by atoms with Crippen molar-refractivity contribution in [1.82, 2.24) is 4.98 Å². The van der Waals surface area contributed by atoms with Gasteiger partial charge < -0.3 is 10.2 Å². The second-order valence-corrected chi connectivity index (χ2v) is 5.81. The predicted molar refractivity (Wildman–Crippen MR) is 89.6 cm³/mol. The van der Waals surface area contributed by atoms with Gasteiger partial charge in [0.1, 0.15) is 5.69 Å². The van der Waals surface area contributed by atoms with Gasteiger partial charge >= 0.3 is 0 Å². The van der Waals surface area contributed by atoms with Crippen LogP contribution in [-0.2, 0) is 0 Å². The zero-order valence-electron chi connectivity index (χ0n) is 13.1. The normalized spacial score (nSPS) is 14.2. The molecule has 1 saturated heterocycles. The molecule has 0 saturated carbocycles. The number of benzene rings is 1. The third-order valence-electron chi connectivity index (χ3n) is 4.17. The minimum Gasteiger partial charge on any atom is -0.371 e. The quantitative estimate of drug-likeness (QED) is 0.942. The molecular formula is C18H21N3O. The van der Waals surface area contributed by atoms with E-state index in [0.717, 1.165) is 35.6 Å². The Kier molecular flexibility index (Phi) is 4.09. The van der Waals surface area contributed by atoms with Crippen molar-refractivity contribution < 1.29 is 4.79 Å². The number of nitrogens with zero attached hydrogens (tertiary/aromatic N) is 2. The van der Waals surface area contributed by atoms with Crippen molar-refractivity contribution in [3.63, 3.8) is 0 Å². The Labute approximate surface area is 131 Å². The maximum absolute atomic E-state index is 12.5. The van der Waals surface area contributed by atoms with Crippen molar-refractivity contribution in [2.24, 2.45) is 0 Å². The molecule has 114 valence electrons. The van der Waals surface area contributed by atoms with Crippen LogP contribution in [0.1, 0.15) is 34.5 Å². The van der Waals surface area contributed by atoms with Gasteiger partial charge in [0.15, 0.2) is 0 Å². The van der Waals surface area contributed by atoms with Crippen molar-refractivity contribution in [3.05, 3.63) is 53.3 Å². The third-order valence-corrected chi connectivity index (χ3v) is 4.17. The average Bonchev–Trinajstić information content (AvgIpc) is 3.05. The molecule has 4 nitrogen and oxygen atoms in total. The molecule has 4 heteroatoms. The summed E-state index contributed by atoms with van der Waals surface area (Å²) in [4.78, 5) is 19.0. The van der Waals surface area contributed by atoms with Crippen molar-refractivity contribution in [3.8, 4) is 0 Å². The molecule has 1 aromatic heterocycles. The van der Waals surface area contributed by atoms with E-state index in [2.05, 4.69) is 15.2 Å². The summed E-state index contributed by atoms with van der Waals surface area (Å²) >= 11 is 0. The number of aromatic nitrogens is 1. The van der Waals surface area contributed by atoms with Crippen LogP contribution in [0.3, 0.4) is 0 Å². The van der Waals surface area contributed by atoms with Crippen molar-refractivity contribution in [2.75, 3.05) is 23.3 Å². The summed E-state index contributed by atoms with van der Waals surface area (Å²) in [6.45, 7) is 6.11. The number of anilines is 2. The minimum absolute atomic E-state index is 0.154. The molecule has 22 heavy (non-hydrogen) atoms. The molecule has 1 amide bonds. The van der Waals surface area contributed by atoms with E-state index < -0.39 is 0 Å². The summed E-state index contributed by atoms with van der Waals surface area (Å²) in [7, 11) is 0. The number of amides is 1. The maximum atomic E-state index is 12.5. The number of aryl methyl sites for hydroxylation is 2. The summed E-state index contributed by atoms with van der Waals surface area (Å²) in [5.41, 5.74) is 4.54. The molecule has 2 aromatic rings. The first-order valence-electron chi connectivity index (χ1n) is 7.74. The fraction of sp³-hybridized carbons (Fsp3) is 0.333. The second kappa shape index (κ2) is 6.18. The predicted octanol–water partition coefficient (Wildman–Crippen LogP) is 3.55. The van der Waals surface area contributed by atoms with Gasteiger partial charge in [-0.1, -0.05) is 18.2 Å². The van der Waals surface area contributed by atoms with Gasteiger partial charge in [0.25, 0.3) is 5.91 Å². The fourth-order valence-corrected chi connectivity index (χ4v) is 2.90. The highest BCUT2D eigenvalue weighted by atomic mass is 16.1. The first-order chi connectivity index (χ1) is 10.6. The Morgan fingerprint density at radius 3 is 2.50 bits per heavy atom. The van der Waals surface area contributed by atoms with Crippen molar-refractivity contribution >= 4 is 17.3 Å². The minimum atomic E-state index is -0.154. The number of carbonyl (C=O) groups is 1. The van der Waals surface area contributed by atoms with E-state index >= 15 is 0 Å². The van der Waals surface area contributed by atoms with E-state index in [1.165, 1.54) is 12.8 Å². The molecule has 0 aliphatic carbocycles. The van der Waals surface area contributed by atoms with Crippen LogP contribution in [0.4, 0.5) is 11.4 Å². The van der Waals surface area contributed by atoms with Gasteiger partial charge in [0, 0.05) is 30.7 Å². The Bertz CT molecular complexity index is 670. The zero-order valence-corrected chi connectivity index (χ0v) is 13.1. The highest BCUT2D eigenvalue weighted by molar-refractivity contribution is 6.04. The van der Waals surface area contributed by atoms with Crippen molar-refractivity contribution in [1.29, 1.82) is 0 Å². The second-order valence-electron chi connectivity index (χ2n) is 5.81. The molecule has 0 radical (unpaired) electrons. The van der Waals surface area contributed by atoms with Crippen LogP contribution in [0, 0.1) is 13.8 Å². The molecule has 2 heterocycles. The lowest BCUT2D eigenvalue weighted by Gasteiger charge is -2.18. The molecule has 0 spiro atoms. The number of pyridine rings is 1. The van der Waals surface area contributed by atoms with E-state index in [1.807, 2.05) is 44.2 Å². The number of carbonyl (C=O) groups excluding carboxylic acids is 1. The lowest BCUT2D eigenvalue weighted by molar-refractivity contribution is 0.102. The van der Waals surface area contributed by atoms with E-state index in [9.17, 15) is 4.79 Å². The fourth-order valence-electron chi connectivity index (χ4n) is 2.90. The van der Waals surface area contributed by atoms with E-state index in [1.54, 1.807) is 6.20 Å². The molecule has 0 bridgehead atoms. The van der Waals surface area contributed by atoms with Crippen LogP contribution in [0.15, 0.2) is 36.5 Å². The lowest BCUT2D eigenvalue weighted by atomic mass is 10.1. The van der Waals surface area contributed by atoms with Gasteiger partial charge in [-0.05, 0) is 49.9 Å². The monoisotopic (exact) mass is 295 g/mol. The Balaban J connectivity index is 1.82. The zero-order chi connectivity index (χ0) is 15.5. The Morgan fingerprint density at radius 1 is 1.14 bits per heavy atom. The van der Waals surface area contributed by atoms with Crippen LogP contribution in [0.25, 0.3) is 0 Å². The summed E-state index contributed by atoms with van der Waals surface area (Å²) < 4.78 is 0. The summed E-state index contributed by atoms with van der Waals surface area (Å²) in [5, 5.41) is 2.99. The number of rotatable bonds is 3. The van der Waals surface area contributed by atoms with Gasteiger partial charge in [-0.2, -0.15) is 0 Å². The van der Waals surface area contributed by atoms with Crippen molar-refractivity contribution in [2.45, 2.75) is 26.7 Å². The molecule has 1 fully saturated rings. The topological polar surface area (TPSA) is 45.2 Å². The van der Waals surface area contributed by atoms with Gasteiger partial charge in [0.2, 0.25) is 0 Å². The number of para-hydroxylation sites is 1. The third kappa shape index (κ3) is 2.96. The smallest absolute Gasteiger partial charge is 0.274 e. The highest BCUT2D eigenvalue weighted by Gasteiger charge is 2.16. The van der Waals surface area contributed by atoms with Crippen LogP contribution in [-0.4, -0.2) is 24.0 Å². The lowest BCUT2D eigenvalue weighted by Crippen LogP contribution is -2.20. The first kappa shape index (κ1) is 14.6. The SMILES string of the molecule is Cc1cccc(C)c1NC(=O)c1cc(N2CCCC2)ccn1. The first-order valence-corrected chi connectivity index (χ1v) is 7.74. The number of nitrogens with one attached hydrogen (secondary N) is 1. The summed E-state index contributed by atoms with van der Waals surface area (Å²) in [5.74, 6) is -0.154. The molecule has 3 rings (SSSR count). The van der Waals surface area contributed by atoms with Gasteiger partial charge in [0.05, 0.1) is 0 Å². The van der Waals surface area contributed by atoms with Gasteiger partial charge in [-0.3, -0.25) is 9.78 Å². The Hall–Kier alpha value is -2.36. The van der Waals surface area contributed by atoms with Crippen LogP contribution >= 0.6 is 0 Å². The molecule has 0 unspecified atom stereocenters. The largest absolute Gasteiger partial charge is 0.371 e. The molecule has 1 aliphatic rings. The summed E-state index contributed by atoms with van der Waals surface area (Å²) in [6.07, 6.45) is 4.14. The van der Waals surface area contributed by atoms with Gasteiger partial charge in [-0.15, -0.1) is 0 Å². The van der Waals surface area contributed by atoms with E-state index in [4.69, 9.17) is 0 Å². The molecular weight excluding hydrogens is 274 g/mol. The van der Waals surface area contributed by atoms with Crippen LogP contribution < -0.4 is 10.2 Å². The number of hydrogen-bond acceptors (Lipinski definition) is 3. The molecule has 1 aromatic carbocycles. The standard InChI is InChI=1S/C18H21N3O/c1-13-6-5-7-14(2)17(13)20-18(22)16-12-15(8-9-19-16)21-10-3-4-11-21/h5-9,12H,3-4,10-11H2,1-2H3,(H,20,22). The Morgan fingerprint density at radius 2 is 1.82 bits per heavy atom. The van der Waals surface area contributed by atoms with E-state index in [0.29, 0.717) is 5.69 Å². The highest BCUT2D eigenvalue weighted by Crippen LogP contribution is 2.22. The van der Waals surface area contributed by atoms with Crippen LogP contribution in [0.2, 0.25) is 0 Å². The molecule has 0 atom stereocenters. The average molecular weight is 295 g/mol. The maximum Gasteiger partial charge on any atom is 0.274 e.